The van der Waals surface area contributed by atoms with Crippen LogP contribution in [0.2, 0.25) is 0 Å². The molecule has 0 heterocycles. The molecule has 0 nitrogen and oxygen atoms in total. The third kappa shape index (κ3) is 6.05. The molecule has 0 spiro atoms. The van der Waals surface area contributed by atoms with Crippen LogP contribution in [-0.2, 0) is 6.42 Å². The molecular formula is C25H30. The van der Waals surface area contributed by atoms with Crippen molar-refractivity contribution in [3.63, 3.8) is 0 Å². The Balaban J connectivity index is 1.41. The predicted octanol–water partition coefficient (Wildman–Crippen LogP) is 7.22. The van der Waals surface area contributed by atoms with E-state index in [2.05, 4.69) is 78.9 Å². The molecule has 1 fully saturated rings. The summed E-state index contributed by atoms with van der Waals surface area (Å²) in [5.74, 6) is 0.833. The Labute approximate surface area is 153 Å². The maximum atomic E-state index is 2.38. The molecule has 130 valence electrons. The van der Waals surface area contributed by atoms with E-state index < -0.39 is 0 Å². The van der Waals surface area contributed by atoms with E-state index in [1.165, 1.54) is 56.1 Å². The fourth-order valence-electron chi connectivity index (χ4n) is 3.74. The summed E-state index contributed by atoms with van der Waals surface area (Å²) in [5.41, 5.74) is 4.36. The third-order valence-corrected chi connectivity index (χ3v) is 5.24. The lowest BCUT2D eigenvalue weighted by molar-refractivity contribution is 0.720. The number of allylic oxidation sites excluding steroid dienone is 10. The lowest BCUT2D eigenvalue weighted by Gasteiger charge is -2.10. The fraction of sp³-hybridized carbons (Fsp3) is 0.360. The normalized spacial score (nSPS) is 23.1. The standard InChI is InChI=1S/C25H30/c1-2-4-7-13-22(12-6-3-1)14-8-5-9-15-23-18-20-25(21-19-23)24-16-10-11-17-24/h1-4,6-7,12-14,18-21,24H,5,8-11,15-17H2/b3-1-,4-2-,12-6-,13-7?,22-14?. The highest BCUT2D eigenvalue weighted by molar-refractivity contribution is 5.36. The predicted molar refractivity (Wildman–Crippen MR) is 110 cm³/mol. The van der Waals surface area contributed by atoms with Gasteiger partial charge in [0.15, 0.2) is 0 Å². The van der Waals surface area contributed by atoms with Gasteiger partial charge in [-0.2, -0.15) is 0 Å². The first kappa shape index (κ1) is 17.7. The van der Waals surface area contributed by atoms with Crippen molar-refractivity contribution in [3.05, 3.63) is 95.6 Å². The van der Waals surface area contributed by atoms with E-state index >= 15 is 0 Å². The van der Waals surface area contributed by atoms with Crippen molar-refractivity contribution in [2.24, 2.45) is 0 Å². The molecular weight excluding hydrogens is 300 g/mol. The first-order chi connectivity index (χ1) is 12.4. The number of unbranched alkanes of at least 4 members (excludes halogenated alkanes) is 2. The first-order valence-corrected chi connectivity index (χ1v) is 9.89. The van der Waals surface area contributed by atoms with Crippen molar-refractivity contribution in [1.82, 2.24) is 0 Å². The van der Waals surface area contributed by atoms with Crippen LogP contribution in [-0.4, -0.2) is 0 Å². The van der Waals surface area contributed by atoms with Gasteiger partial charge in [-0.05, 0) is 61.1 Å². The maximum absolute atomic E-state index is 2.38. The molecule has 0 aliphatic heterocycles. The van der Waals surface area contributed by atoms with E-state index in [-0.39, 0.29) is 0 Å². The lowest BCUT2D eigenvalue weighted by atomic mass is 9.95. The summed E-state index contributed by atoms with van der Waals surface area (Å²) in [6.07, 6.45) is 29.7. The molecule has 0 N–H and O–H groups in total. The molecule has 1 saturated carbocycles. The van der Waals surface area contributed by atoms with Crippen molar-refractivity contribution < 1.29 is 0 Å². The van der Waals surface area contributed by atoms with Gasteiger partial charge in [-0.3, -0.25) is 0 Å². The largest absolute Gasteiger partial charge is 0.0773 e. The summed E-state index contributed by atoms with van der Waals surface area (Å²) in [7, 11) is 0. The molecule has 2 aliphatic rings. The van der Waals surface area contributed by atoms with Gasteiger partial charge in [0, 0.05) is 0 Å². The molecule has 1 aromatic carbocycles. The van der Waals surface area contributed by atoms with Crippen LogP contribution < -0.4 is 0 Å². The zero-order valence-corrected chi connectivity index (χ0v) is 15.2. The van der Waals surface area contributed by atoms with E-state index in [9.17, 15) is 0 Å². The second kappa shape index (κ2) is 10.0. The van der Waals surface area contributed by atoms with Gasteiger partial charge in [0.25, 0.3) is 0 Å². The summed E-state index contributed by atoms with van der Waals surface area (Å²) >= 11 is 0. The van der Waals surface area contributed by atoms with Gasteiger partial charge in [-0.15, -0.1) is 0 Å². The Kier molecular flexibility index (Phi) is 7.12. The summed E-state index contributed by atoms with van der Waals surface area (Å²) in [6.45, 7) is 0. The number of hydrogen-bond acceptors (Lipinski definition) is 0. The van der Waals surface area contributed by atoms with Crippen molar-refractivity contribution >= 4 is 0 Å². The van der Waals surface area contributed by atoms with Crippen LogP contribution in [0.1, 0.15) is 62.0 Å². The minimum absolute atomic E-state index is 0.833. The van der Waals surface area contributed by atoms with E-state index in [0.717, 1.165) is 12.3 Å². The fourth-order valence-corrected chi connectivity index (χ4v) is 3.74. The van der Waals surface area contributed by atoms with Gasteiger partial charge < -0.3 is 0 Å². The Hall–Kier alpha value is -2.08. The van der Waals surface area contributed by atoms with Gasteiger partial charge in [0.1, 0.15) is 0 Å². The van der Waals surface area contributed by atoms with E-state index in [0.29, 0.717) is 0 Å². The molecule has 0 amide bonds. The van der Waals surface area contributed by atoms with Crippen LogP contribution >= 0.6 is 0 Å². The molecule has 3 rings (SSSR count). The summed E-state index contributed by atoms with van der Waals surface area (Å²) in [6, 6.07) is 9.46. The summed E-state index contributed by atoms with van der Waals surface area (Å²) < 4.78 is 0. The second-order valence-electron chi connectivity index (χ2n) is 7.16. The SMILES string of the molecule is C1=CC(=CCCCCc2ccc(C3CCCC3)cc2)\C=C/C=C\C=C/1. The topological polar surface area (TPSA) is 0 Å². The maximum Gasteiger partial charge on any atom is -0.0162 e. The average Bonchev–Trinajstić information content (AvgIpc) is 3.20. The monoisotopic (exact) mass is 330 g/mol. The Morgan fingerprint density at radius 2 is 1.40 bits per heavy atom. The van der Waals surface area contributed by atoms with Crippen molar-refractivity contribution in [3.8, 4) is 0 Å². The quantitative estimate of drug-likeness (QED) is 0.483. The van der Waals surface area contributed by atoms with Gasteiger partial charge in [-0.1, -0.05) is 91.8 Å². The smallest absolute Gasteiger partial charge is 0.0162 e. The first-order valence-electron chi connectivity index (χ1n) is 9.89. The van der Waals surface area contributed by atoms with Crippen molar-refractivity contribution in [2.75, 3.05) is 0 Å². The highest BCUT2D eigenvalue weighted by Crippen LogP contribution is 2.34. The molecule has 1 aromatic rings. The highest BCUT2D eigenvalue weighted by atomic mass is 14.2. The van der Waals surface area contributed by atoms with E-state index in [1.807, 2.05) is 0 Å². The van der Waals surface area contributed by atoms with Crippen LogP contribution in [0, 0.1) is 0 Å². The van der Waals surface area contributed by atoms with E-state index in [4.69, 9.17) is 0 Å². The van der Waals surface area contributed by atoms with E-state index in [1.54, 1.807) is 5.56 Å². The van der Waals surface area contributed by atoms with Crippen molar-refractivity contribution in [2.45, 2.75) is 57.3 Å². The zero-order valence-electron chi connectivity index (χ0n) is 15.2. The molecule has 0 saturated heterocycles. The molecule has 2 aliphatic carbocycles. The molecule has 0 heteroatoms. The molecule has 25 heavy (non-hydrogen) atoms. The van der Waals surface area contributed by atoms with Crippen LogP contribution in [0.5, 0.6) is 0 Å². The minimum atomic E-state index is 0.833. The number of aryl methyl sites for hydroxylation is 1. The molecule has 0 atom stereocenters. The third-order valence-electron chi connectivity index (χ3n) is 5.24. The molecule has 0 bridgehead atoms. The highest BCUT2D eigenvalue weighted by Gasteiger charge is 2.16. The zero-order chi connectivity index (χ0) is 17.2. The van der Waals surface area contributed by atoms with Gasteiger partial charge in [-0.25, -0.2) is 0 Å². The average molecular weight is 331 g/mol. The van der Waals surface area contributed by atoms with Crippen molar-refractivity contribution in [1.29, 1.82) is 0 Å². The molecule has 0 radical (unpaired) electrons. The number of hydrogen-bond donors (Lipinski definition) is 0. The lowest BCUT2D eigenvalue weighted by Crippen LogP contribution is -1.93. The molecule has 0 unspecified atom stereocenters. The molecule has 0 aromatic heterocycles. The van der Waals surface area contributed by atoms with Crippen LogP contribution in [0.25, 0.3) is 0 Å². The van der Waals surface area contributed by atoms with Crippen LogP contribution in [0.3, 0.4) is 0 Å². The van der Waals surface area contributed by atoms with Gasteiger partial charge in [0.2, 0.25) is 0 Å². The van der Waals surface area contributed by atoms with Crippen LogP contribution in [0.15, 0.2) is 84.5 Å². The number of benzene rings is 1. The summed E-state index contributed by atoms with van der Waals surface area (Å²) in [5, 5.41) is 0. The Morgan fingerprint density at radius 3 is 2.08 bits per heavy atom. The minimum Gasteiger partial charge on any atom is -0.0773 e. The number of rotatable bonds is 6. The Bertz CT molecular complexity index is 634. The van der Waals surface area contributed by atoms with Crippen LogP contribution in [0.4, 0.5) is 0 Å². The summed E-state index contributed by atoms with van der Waals surface area (Å²) in [4.78, 5) is 0. The van der Waals surface area contributed by atoms with Gasteiger partial charge >= 0.3 is 0 Å². The van der Waals surface area contributed by atoms with Gasteiger partial charge in [0.05, 0.1) is 0 Å². The Morgan fingerprint density at radius 1 is 0.760 bits per heavy atom. The second-order valence-corrected chi connectivity index (χ2v) is 7.16.